The fourth-order valence-electron chi connectivity index (χ4n) is 1.57. The molecule has 0 radical (unpaired) electrons. The van der Waals surface area contributed by atoms with Gasteiger partial charge in [0.15, 0.2) is 5.78 Å². The quantitative estimate of drug-likeness (QED) is 0.539. The molecule has 1 aromatic carbocycles. The van der Waals surface area contributed by atoms with Crippen molar-refractivity contribution in [1.29, 1.82) is 0 Å². The van der Waals surface area contributed by atoms with Crippen LogP contribution in [-0.2, 0) is 0 Å². The second kappa shape index (κ2) is 5.36. The molecule has 0 bridgehead atoms. The van der Waals surface area contributed by atoms with Gasteiger partial charge >= 0.3 is 0 Å². The van der Waals surface area contributed by atoms with E-state index in [1.54, 1.807) is 0 Å². The number of terminal acetylenes is 1. The van der Waals surface area contributed by atoms with Gasteiger partial charge in [-0.2, -0.15) is 0 Å². The van der Waals surface area contributed by atoms with Crippen molar-refractivity contribution in [3.63, 3.8) is 0 Å². The summed E-state index contributed by atoms with van der Waals surface area (Å²) in [4.78, 5) is 12.1. The highest BCUT2D eigenvalue weighted by molar-refractivity contribution is 5.98. The minimum Gasteiger partial charge on any atom is -0.294 e. The first kappa shape index (κ1) is 11.5. The van der Waals surface area contributed by atoms with Crippen LogP contribution in [0.2, 0.25) is 0 Å². The molecule has 0 aromatic heterocycles. The predicted octanol–water partition coefficient (Wildman–Crippen LogP) is 3.16. The van der Waals surface area contributed by atoms with Crippen molar-refractivity contribution in [2.45, 2.75) is 20.3 Å². The summed E-state index contributed by atoms with van der Waals surface area (Å²) < 4.78 is 0. The van der Waals surface area contributed by atoms with Crippen LogP contribution in [0.25, 0.3) is 0 Å². The topological polar surface area (TPSA) is 17.1 Å². The van der Waals surface area contributed by atoms with Crippen LogP contribution in [0, 0.1) is 24.2 Å². The summed E-state index contributed by atoms with van der Waals surface area (Å²) in [6, 6.07) is 9.34. The number of ketones is 1. The van der Waals surface area contributed by atoms with E-state index in [0.29, 0.717) is 6.42 Å². The summed E-state index contributed by atoms with van der Waals surface area (Å²) in [5, 5.41) is 0. The molecule has 0 heterocycles. The zero-order valence-electron chi connectivity index (χ0n) is 9.23. The van der Waals surface area contributed by atoms with E-state index >= 15 is 0 Å². The summed E-state index contributed by atoms with van der Waals surface area (Å²) in [7, 11) is 0. The van der Waals surface area contributed by atoms with Gasteiger partial charge in [-0.05, 0) is 5.92 Å². The Morgan fingerprint density at radius 3 is 2.40 bits per heavy atom. The first-order chi connectivity index (χ1) is 7.16. The molecule has 1 aromatic rings. The van der Waals surface area contributed by atoms with Gasteiger partial charge in [-0.25, -0.2) is 0 Å². The van der Waals surface area contributed by atoms with Gasteiger partial charge in [-0.3, -0.25) is 4.79 Å². The van der Waals surface area contributed by atoms with Gasteiger partial charge in [0.1, 0.15) is 0 Å². The fraction of sp³-hybridized carbons (Fsp3) is 0.357. The Labute approximate surface area is 91.5 Å². The molecule has 1 nitrogen and oxygen atoms in total. The molecule has 0 saturated carbocycles. The van der Waals surface area contributed by atoms with E-state index in [9.17, 15) is 4.79 Å². The minimum atomic E-state index is -0.0580. The maximum atomic E-state index is 12.1. The first-order valence-corrected chi connectivity index (χ1v) is 5.19. The SMILES string of the molecule is C#CCC(C(=O)c1ccccc1)C(C)C. The second-order valence-electron chi connectivity index (χ2n) is 3.99. The van der Waals surface area contributed by atoms with E-state index in [4.69, 9.17) is 6.42 Å². The van der Waals surface area contributed by atoms with E-state index in [-0.39, 0.29) is 17.6 Å². The normalized spacial score (nSPS) is 12.1. The van der Waals surface area contributed by atoms with E-state index < -0.39 is 0 Å². The highest BCUT2D eigenvalue weighted by Gasteiger charge is 2.21. The van der Waals surface area contributed by atoms with Crippen molar-refractivity contribution in [2.75, 3.05) is 0 Å². The lowest BCUT2D eigenvalue weighted by Gasteiger charge is -2.16. The monoisotopic (exact) mass is 200 g/mol. The average molecular weight is 200 g/mol. The van der Waals surface area contributed by atoms with E-state index in [1.165, 1.54) is 0 Å². The van der Waals surface area contributed by atoms with E-state index in [2.05, 4.69) is 5.92 Å². The number of rotatable bonds is 4. The van der Waals surface area contributed by atoms with Gasteiger partial charge in [0.05, 0.1) is 0 Å². The summed E-state index contributed by atoms with van der Waals surface area (Å²) >= 11 is 0. The van der Waals surface area contributed by atoms with Gasteiger partial charge in [0.25, 0.3) is 0 Å². The number of hydrogen-bond donors (Lipinski definition) is 0. The molecular formula is C14H16O. The summed E-state index contributed by atoms with van der Waals surface area (Å²) in [6.07, 6.45) is 5.80. The fourth-order valence-corrected chi connectivity index (χ4v) is 1.57. The van der Waals surface area contributed by atoms with Crippen LogP contribution in [0.4, 0.5) is 0 Å². The van der Waals surface area contributed by atoms with Crippen LogP contribution in [-0.4, -0.2) is 5.78 Å². The third-order valence-corrected chi connectivity index (χ3v) is 2.54. The van der Waals surface area contributed by atoms with Gasteiger partial charge < -0.3 is 0 Å². The number of benzene rings is 1. The predicted molar refractivity (Wildman–Crippen MR) is 62.6 cm³/mol. The molecule has 1 unspecified atom stereocenters. The Hall–Kier alpha value is -1.55. The molecule has 0 fully saturated rings. The van der Waals surface area contributed by atoms with E-state index in [0.717, 1.165) is 5.56 Å². The van der Waals surface area contributed by atoms with Crippen molar-refractivity contribution in [3.8, 4) is 12.3 Å². The Kier molecular flexibility index (Phi) is 4.12. The lowest BCUT2D eigenvalue weighted by molar-refractivity contribution is 0.0889. The zero-order valence-corrected chi connectivity index (χ0v) is 9.23. The van der Waals surface area contributed by atoms with Crippen LogP contribution in [0.3, 0.4) is 0 Å². The van der Waals surface area contributed by atoms with Crippen molar-refractivity contribution < 1.29 is 4.79 Å². The molecule has 0 aliphatic carbocycles. The molecule has 0 aliphatic heterocycles. The van der Waals surface area contributed by atoms with Crippen LogP contribution in [0.15, 0.2) is 30.3 Å². The van der Waals surface area contributed by atoms with Gasteiger partial charge in [0, 0.05) is 17.9 Å². The van der Waals surface area contributed by atoms with Crippen LogP contribution >= 0.6 is 0 Å². The molecule has 78 valence electrons. The van der Waals surface area contributed by atoms with Gasteiger partial charge in [0.2, 0.25) is 0 Å². The molecule has 1 heteroatoms. The Balaban J connectivity index is 2.87. The number of Topliss-reactive ketones (excluding diaryl/α,β-unsaturated/α-hetero) is 1. The van der Waals surface area contributed by atoms with Gasteiger partial charge in [-0.15, -0.1) is 12.3 Å². The molecule has 0 aliphatic rings. The summed E-state index contributed by atoms with van der Waals surface area (Å²) in [5.74, 6) is 2.96. The van der Waals surface area contributed by atoms with Crippen molar-refractivity contribution in [3.05, 3.63) is 35.9 Å². The van der Waals surface area contributed by atoms with Crippen molar-refractivity contribution in [2.24, 2.45) is 11.8 Å². The highest BCUT2D eigenvalue weighted by Crippen LogP contribution is 2.20. The zero-order chi connectivity index (χ0) is 11.3. The maximum absolute atomic E-state index is 12.1. The summed E-state index contributed by atoms with van der Waals surface area (Å²) in [5.41, 5.74) is 0.756. The standard InChI is InChI=1S/C14H16O/c1-4-8-13(11(2)3)14(15)12-9-6-5-7-10-12/h1,5-7,9-11,13H,8H2,2-3H3. The lowest BCUT2D eigenvalue weighted by Crippen LogP contribution is -2.19. The largest absolute Gasteiger partial charge is 0.294 e. The van der Waals surface area contributed by atoms with Crippen LogP contribution < -0.4 is 0 Å². The van der Waals surface area contributed by atoms with Crippen molar-refractivity contribution in [1.82, 2.24) is 0 Å². The number of carbonyl (C=O) groups excluding carboxylic acids is 1. The smallest absolute Gasteiger partial charge is 0.167 e. The van der Waals surface area contributed by atoms with Crippen LogP contribution in [0.5, 0.6) is 0 Å². The van der Waals surface area contributed by atoms with E-state index in [1.807, 2.05) is 44.2 Å². The third-order valence-electron chi connectivity index (χ3n) is 2.54. The Morgan fingerprint density at radius 1 is 1.33 bits per heavy atom. The van der Waals surface area contributed by atoms with Gasteiger partial charge in [-0.1, -0.05) is 44.2 Å². The van der Waals surface area contributed by atoms with Crippen LogP contribution in [0.1, 0.15) is 30.6 Å². The van der Waals surface area contributed by atoms with Crippen molar-refractivity contribution >= 4 is 5.78 Å². The molecule has 0 saturated heterocycles. The molecule has 0 N–H and O–H groups in total. The molecular weight excluding hydrogens is 184 g/mol. The highest BCUT2D eigenvalue weighted by atomic mass is 16.1. The Bertz CT molecular complexity index is 357. The molecule has 0 amide bonds. The molecule has 1 atom stereocenters. The number of carbonyl (C=O) groups is 1. The maximum Gasteiger partial charge on any atom is 0.167 e. The molecule has 1 rings (SSSR count). The minimum absolute atomic E-state index is 0.0580. The summed E-state index contributed by atoms with van der Waals surface area (Å²) in [6.45, 7) is 4.06. The molecule has 15 heavy (non-hydrogen) atoms. The number of hydrogen-bond acceptors (Lipinski definition) is 1. The average Bonchev–Trinajstić information content (AvgIpc) is 2.26. The Morgan fingerprint density at radius 2 is 1.93 bits per heavy atom. The molecule has 0 spiro atoms. The first-order valence-electron chi connectivity index (χ1n) is 5.19. The second-order valence-corrected chi connectivity index (χ2v) is 3.99. The lowest BCUT2D eigenvalue weighted by atomic mass is 9.86. The third kappa shape index (κ3) is 2.95.